The second-order valence-corrected chi connectivity index (χ2v) is 4.35. The van der Waals surface area contributed by atoms with E-state index in [9.17, 15) is 4.79 Å². The molecule has 0 aliphatic heterocycles. The number of ketones is 1. The number of Topliss-reactive ketones (excluding diaryl/α,β-unsaturated/α-hetero) is 1. The SMILES string of the molecule is CCCC(=O)c1cccc([CH]c2ccccc2)c1. The van der Waals surface area contributed by atoms with Gasteiger partial charge >= 0.3 is 0 Å². The number of hydrogen-bond acceptors (Lipinski definition) is 1. The Hall–Kier alpha value is -1.89. The largest absolute Gasteiger partial charge is 0.294 e. The van der Waals surface area contributed by atoms with Gasteiger partial charge in [-0.3, -0.25) is 4.79 Å². The first-order chi connectivity index (χ1) is 8.79. The van der Waals surface area contributed by atoms with E-state index < -0.39 is 0 Å². The van der Waals surface area contributed by atoms with Crippen molar-refractivity contribution in [1.29, 1.82) is 0 Å². The van der Waals surface area contributed by atoms with E-state index in [0.717, 1.165) is 23.1 Å². The number of carbonyl (C=O) groups is 1. The Morgan fingerprint density at radius 3 is 2.44 bits per heavy atom. The third-order valence-corrected chi connectivity index (χ3v) is 2.82. The Morgan fingerprint density at radius 1 is 1.00 bits per heavy atom. The van der Waals surface area contributed by atoms with Crippen LogP contribution in [0.4, 0.5) is 0 Å². The molecule has 0 saturated carbocycles. The number of rotatable bonds is 5. The molecular weight excluding hydrogens is 220 g/mol. The first-order valence-corrected chi connectivity index (χ1v) is 6.32. The highest BCUT2D eigenvalue weighted by Gasteiger charge is 2.05. The summed E-state index contributed by atoms with van der Waals surface area (Å²) >= 11 is 0. The van der Waals surface area contributed by atoms with E-state index in [1.165, 1.54) is 0 Å². The second-order valence-electron chi connectivity index (χ2n) is 4.35. The van der Waals surface area contributed by atoms with Crippen LogP contribution in [0.5, 0.6) is 0 Å². The van der Waals surface area contributed by atoms with Crippen LogP contribution in [0.2, 0.25) is 0 Å². The van der Waals surface area contributed by atoms with Gasteiger partial charge in [-0.15, -0.1) is 0 Å². The van der Waals surface area contributed by atoms with Gasteiger partial charge in [0.2, 0.25) is 0 Å². The van der Waals surface area contributed by atoms with Gasteiger partial charge in [0.1, 0.15) is 0 Å². The molecule has 0 aliphatic rings. The van der Waals surface area contributed by atoms with E-state index >= 15 is 0 Å². The van der Waals surface area contributed by atoms with E-state index in [0.29, 0.717) is 6.42 Å². The maximum atomic E-state index is 11.8. The molecule has 0 aliphatic carbocycles. The molecule has 1 radical (unpaired) electrons. The van der Waals surface area contributed by atoms with E-state index in [-0.39, 0.29) is 5.78 Å². The van der Waals surface area contributed by atoms with Crippen LogP contribution in [-0.4, -0.2) is 5.78 Å². The molecule has 2 aromatic carbocycles. The zero-order valence-electron chi connectivity index (χ0n) is 10.6. The minimum absolute atomic E-state index is 0.223. The molecule has 0 spiro atoms. The first kappa shape index (κ1) is 12.6. The summed E-state index contributed by atoms with van der Waals surface area (Å²) < 4.78 is 0. The summed E-state index contributed by atoms with van der Waals surface area (Å²) in [5.74, 6) is 0.223. The van der Waals surface area contributed by atoms with E-state index in [1.807, 2.05) is 49.4 Å². The van der Waals surface area contributed by atoms with Gasteiger partial charge in [0.25, 0.3) is 0 Å². The molecule has 2 aromatic rings. The molecule has 1 heteroatoms. The van der Waals surface area contributed by atoms with Crippen LogP contribution in [0.3, 0.4) is 0 Å². The molecule has 0 aromatic heterocycles. The molecule has 91 valence electrons. The van der Waals surface area contributed by atoms with Crippen molar-refractivity contribution in [2.24, 2.45) is 0 Å². The van der Waals surface area contributed by atoms with Gasteiger partial charge in [-0.05, 0) is 23.6 Å². The monoisotopic (exact) mass is 237 g/mol. The smallest absolute Gasteiger partial charge is 0.162 e. The summed E-state index contributed by atoms with van der Waals surface area (Å²) in [7, 11) is 0. The molecule has 0 N–H and O–H groups in total. The average molecular weight is 237 g/mol. The van der Waals surface area contributed by atoms with Gasteiger partial charge in [0, 0.05) is 18.4 Å². The van der Waals surface area contributed by atoms with E-state index in [2.05, 4.69) is 18.6 Å². The summed E-state index contributed by atoms with van der Waals surface area (Å²) in [6, 6.07) is 18.0. The van der Waals surface area contributed by atoms with Crippen molar-refractivity contribution in [3.05, 3.63) is 77.7 Å². The predicted octanol–water partition coefficient (Wildman–Crippen LogP) is 4.27. The van der Waals surface area contributed by atoms with Gasteiger partial charge in [0.15, 0.2) is 5.78 Å². The third-order valence-electron chi connectivity index (χ3n) is 2.82. The Morgan fingerprint density at radius 2 is 1.72 bits per heavy atom. The zero-order chi connectivity index (χ0) is 12.8. The molecular formula is C17H17O. The number of carbonyl (C=O) groups excluding carboxylic acids is 1. The summed E-state index contributed by atoms with van der Waals surface area (Å²) in [6.45, 7) is 2.03. The lowest BCUT2D eigenvalue weighted by atomic mass is 10.00. The minimum atomic E-state index is 0.223. The molecule has 0 bridgehead atoms. The maximum absolute atomic E-state index is 11.8. The van der Waals surface area contributed by atoms with Crippen LogP contribution in [0.15, 0.2) is 54.6 Å². The Kier molecular flexibility index (Phi) is 4.30. The average Bonchev–Trinajstić information content (AvgIpc) is 2.40. The maximum Gasteiger partial charge on any atom is 0.162 e. The van der Waals surface area contributed by atoms with Crippen LogP contribution in [0.1, 0.15) is 41.3 Å². The minimum Gasteiger partial charge on any atom is -0.294 e. The number of benzene rings is 2. The highest BCUT2D eigenvalue weighted by atomic mass is 16.1. The number of hydrogen-bond donors (Lipinski definition) is 0. The molecule has 0 heterocycles. The molecule has 0 amide bonds. The Bertz CT molecular complexity index is 514. The first-order valence-electron chi connectivity index (χ1n) is 6.32. The molecule has 2 rings (SSSR count). The van der Waals surface area contributed by atoms with Crippen molar-refractivity contribution in [2.45, 2.75) is 19.8 Å². The topological polar surface area (TPSA) is 17.1 Å². The van der Waals surface area contributed by atoms with Crippen LogP contribution in [-0.2, 0) is 0 Å². The zero-order valence-corrected chi connectivity index (χ0v) is 10.6. The lowest BCUT2D eigenvalue weighted by Gasteiger charge is -2.04. The lowest BCUT2D eigenvalue weighted by molar-refractivity contribution is 0.0981. The lowest BCUT2D eigenvalue weighted by Crippen LogP contribution is -1.98. The van der Waals surface area contributed by atoms with Crippen LogP contribution in [0.25, 0.3) is 0 Å². The third kappa shape index (κ3) is 3.30. The highest BCUT2D eigenvalue weighted by molar-refractivity contribution is 5.96. The predicted molar refractivity (Wildman–Crippen MR) is 74.6 cm³/mol. The normalized spacial score (nSPS) is 10.3. The van der Waals surface area contributed by atoms with E-state index in [4.69, 9.17) is 0 Å². The highest BCUT2D eigenvalue weighted by Crippen LogP contribution is 2.14. The molecule has 1 nitrogen and oxygen atoms in total. The Balaban J connectivity index is 2.15. The summed E-state index contributed by atoms with van der Waals surface area (Å²) in [6.07, 6.45) is 3.60. The molecule has 18 heavy (non-hydrogen) atoms. The van der Waals surface area contributed by atoms with Crippen molar-refractivity contribution < 1.29 is 4.79 Å². The quantitative estimate of drug-likeness (QED) is 0.710. The van der Waals surface area contributed by atoms with E-state index in [1.54, 1.807) is 0 Å². The van der Waals surface area contributed by atoms with Crippen molar-refractivity contribution in [1.82, 2.24) is 0 Å². The van der Waals surface area contributed by atoms with Crippen molar-refractivity contribution in [2.75, 3.05) is 0 Å². The van der Waals surface area contributed by atoms with Crippen molar-refractivity contribution in [3.8, 4) is 0 Å². The van der Waals surface area contributed by atoms with Gasteiger partial charge < -0.3 is 0 Å². The standard InChI is InChI=1S/C17H17O/c1-2-7-17(18)16-11-6-10-15(13-16)12-14-8-4-3-5-9-14/h3-6,8-13H,2,7H2,1H3. The molecule has 0 unspecified atom stereocenters. The second kappa shape index (κ2) is 6.15. The van der Waals surface area contributed by atoms with Gasteiger partial charge in [-0.2, -0.15) is 0 Å². The summed E-state index contributed by atoms with van der Waals surface area (Å²) in [5.41, 5.74) is 3.03. The molecule has 0 fully saturated rings. The fraction of sp³-hybridized carbons (Fsp3) is 0.176. The fourth-order valence-corrected chi connectivity index (χ4v) is 1.92. The van der Waals surface area contributed by atoms with Crippen LogP contribution >= 0.6 is 0 Å². The molecule has 0 saturated heterocycles. The van der Waals surface area contributed by atoms with Crippen molar-refractivity contribution >= 4 is 5.78 Å². The van der Waals surface area contributed by atoms with Crippen LogP contribution in [0, 0.1) is 6.42 Å². The van der Waals surface area contributed by atoms with Gasteiger partial charge in [0.05, 0.1) is 0 Å². The Labute approximate surface area is 108 Å². The van der Waals surface area contributed by atoms with Crippen LogP contribution < -0.4 is 0 Å². The van der Waals surface area contributed by atoms with Gasteiger partial charge in [-0.25, -0.2) is 0 Å². The fourth-order valence-electron chi connectivity index (χ4n) is 1.92. The van der Waals surface area contributed by atoms with Crippen molar-refractivity contribution in [3.63, 3.8) is 0 Å². The van der Waals surface area contributed by atoms with Gasteiger partial charge in [-0.1, -0.05) is 55.5 Å². The summed E-state index contributed by atoms with van der Waals surface area (Å²) in [5, 5.41) is 0. The summed E-state index contributed by atoms with van der Waals surface area (Å²) in [4.78, 5) is 11.8. The molecule has 0 atom stereocenters.